The fourth-order valence-corrected chi connectivity index (χ4v) is 4.44. The van der Waals surface area contributed by atoms with Crippen LogP contribution in [0.25, 0.3) is 0 Å². The van der Waals surface area contributed by atoms with Crippen LogP contribution >= 0.6 is 0 Å². The number of carbonyl (C=O) groups excluding carboxylic acids is 4. The van der Waals surface area contributed by atoms with Crippen LogP contribution in [0.1, 0.15) is 32.1 Å². The van der Waals surface area contributed by atoms with E-state index in [0.29, 0.717) is 18.5 Å². The molecule has 0 aromatic heterocycles. The molecule has 0 radical (unpaired) electrons. The molecule has 1 aliphatic carbocycles. The molecule has 3 aliphatic rings. The van der Waals surface area contributed by atoms with E-state index in [2.05, 4.69) is 10.2 Å². The van der Waals surface area contributed by atoms with Gasteiger partial charge in [-0.25, -0.2) is 0 Å². The second-order valence-corrected chi connectivity index (χ2v) is 8.18. The van der Waals surface area contributed by atoms with Crippen LogP contribution in [0.5, 0.6) is 0 Å². The molecular formula is C23H27N3O5. The van der Waals surface area contributed by atoms with Crippen molar-refractivity contribution in [2.24, 2.45) is 11.8 Å². The van der Waals surface area contributed by atoms with Crippen LogP contribution in [0.3, 0.4) is 0 Å². The van der Waals surface area contributed by atoms with Crippen LogP contribution in [0.15, 0.2) is 36.4 Å². The van der Waals surface area contributed by atoms with Crippen LogP contribution < -0.4 is 10.2 Å². The summed E-state index contributed by atoms with van der Waals surface area (Å²) in [5.74, 6) is -2.11. The Labute approximate surface area is 181 Å². The molecule has 1 aromatic rings. The minimum Gasteiger partial charge on any atom is -0.456 e. The van der Waals surface area contributed by atoms with E-state index in [0.717, 1.165) is 23.7 Å². The number of nitrogens with one attached hydrogen (secondary N) is 1. The van der Waals surface area contributed by atoms with Crippen molar-refractivity contribution in [2.75, 3.05) is 36.5 Å². The number of nitrogens with zero attached hydrogens (tertiary/aromatic N) is 2. The molecule has 2 fully saturated rings. The van der Waals surface area contributed by atoms with Crippen molar-refractivity contribution in [2.45, 2.75) is 32.1 Å². The maximum atomic E-state index is 12.4. The number of benzene rings is 1. The summed E-state index contributed by atoms with van der Waals surface area (Å²) in [7, 11) is 0. The number of amides is 3. The van der Waals surface area contributed by atoms with Gasteiger partial charge in [-0.15, -0.1) is 0 Å². The highest BCUT2D eigenvalue weighted by molar-refractivity contribution is 6.05. The summed E-state index contributed by atoms with van der Waals surface area (Å²) in [5, 5.41) is 2.70. The van der Waals surface area contributed by atoms with Crippen molar-refractivity contribution in [3.8, 4) is 0 Å². The molecule has 2 atom stereocenters. The first-order valence-electron chi connectivity index (χ1n) is 10.8. The van der Waals surface area contributed by atoms with E-state index in [4.69, 9.17) is 4.74 Å². The second-order valence-electron chi connectivity index (χ2n) is 8.18. The maximum absolute atomic E-state index is 12.4. The summed E-state index contributed by atoms with van der Waals surface area (Å²) in [6.07, 6.45) is 7.24. The van der Waals surface area contributed by atoms with E-state index in [1.807, 2.05) is 36.4 Å². The van der Waals surface area contributed by atoms with Gasteiger partial charge in [-0.1, -0.05) is 12.2 Å². The Balaban J connectivity index is 1.19. The summed E-state index contributed by atoms with van der Waals surface area (Å²) in [6.45, 7) is 1.68. The summed E-state index contributed by atoms with van der Waals surface area (Å²) >= 11 is 0. The second kappa shape index (κ2) is 9.32. The molecular weight excluding hydrogens is 398 g/mol. The van der Waals surface area contributed by atoms with Gasteiger partial charge in [-0.3, -0.25) is 24.1 Å². The molecule has 0 saturated carbocycles. The highest BCUT2D eigenvalue weighted by atomic mass is 16.5. The Kier molecular flexibility index (Phi) is 6.34. The fraction of sp³-hybridized carbons (Fsp3) is 0.478. The number of anilines is 2. The lowest BCUT2D eigenvalue weighted by Gasteiger charge is -2.17. The first-order chi connectivity index (χ1) is 15.0. The van der Waals surface area contributed by atoms with Gasteiger partial charge in [0.2, 0.25) is 11.8 Å². The van der Waals surface area contributed by atoms with Crippen LogP contribution in [0.2, 0.25) is 0 Å². The Bertz CT molecular complexity index is 863. The highest BCUT2D eigenvalue weighted by Crippen LogP contribution is 2.35. The van der Waals surface area contributed by atoms with Gasteiger partial charge in [-0.05, 0) is 49.9 Å². The van der Waals surface area contributed by atoms with E-state index in [1.165, 1.54) is 12.8 Å². The Morgan fingerprint density at radius 2 is 1.58 bits per heavy atom. The number of hydrogen-bond donors (Lipinski definition) is 1. The van der Waals surface area contributed by atoms with E-state index in [1.54, 1.807) is 0 Å². The molecule has 1 N–H and O–H groups in total. The zero-order valence-corrected chi connectivity index (χ0v) is 17.4. The van der Waals surface area contributed by atoms with Gasteiger partial charge in [-0.2, -0.15) is 0 Å². The molecule has 1 aromatic carbocycles. The Morgan fingerprint density at radius 1 is 0.968 bits per heavy atom. The van der Waals surface area contributed by atoms with Gasteiger partial charge in [0.25, 0.3) is 5.91 Å². The lowest BCUT2D eigenvalue weighted by Crippen LogP contribution is -2.33. The van der Waals surface area contributed by atoms with E-state index in [9.17, 15) is 19.2 Å². The zero-order valence-electron chi connectivity index (χ0n) is 17.4. The monoisotopic (exact) mass is 425 g/mol. The molecule has 2 heterocycles. The van der Waals surface area contributed by atoms with Crippen LogP contribution in [0, 0.1) is 11.8 Å². The predicted molar refractivity (Wildman–Crippen MR) is 114 cm³/mol. The topological polar surface area (TPSA) is 96.0 Å². The third-order valence-corrected chi connectivity index (χ3v) is 6.12. The van der Waals surface area contributed by atoms with Gasteiger partial charge >= 0.3 is 5.97 Å². The summed E-state index contributed by atoms with van der Waals surface area (Å²) in [5.41, 5.74) is 1.76. The molecule has 4 rings (SSSR count). The molecule has 0 spiro atoms. The Hall–Kier alpha value is -3.16. The van der Waals surface area contributed by atoms with Gasteiger partial charge in [0.15, 0.2) is 6.61 Å². The predicted octanol–water partition coefficient (Wildman–Crippen LogP) is 2.11. The van der Waals surface area contributed by atoms with Crippen LogP contribution in [0.4, 0.5) is 11.4 Å². The average molecular weight is 425 g/mol. The fourth-order valence-electron chi connectivity index (χ4n) is 4.44. The van der Waals surface area contributed by atoms with Crippen LogP contribution in [-0.2, 0) is 23.9 Å². The van der Waals surface area contributed by atoms with Crippen molar-refractivity contribution in [3.63, 3.8) is 0 Å². The number of hydrogen-bond acceptors (Lipinski definition) is 6. The third kappa shape index (κ3) is 4.78. The molecule has 2 saturated heterocycles. The van der Waals surface area contributed by atoms with Gasteiger partial charge in [0.1, 0.15) is 0 Å². The Morgan fingerprint density at radius 3 is 2.19 bits per heavy atom. The van der Waals surface area contributed by atoms with Gasteiger partial charge in [0.05, 0.1) is 18.3 Å². The number of imide groups is 1. The van der Waals surface area contributed by atoms with Crippen molar-refractivity contribution in [3.05, 3.63) is 36.4 Å². The SMILES string of the molecule is O=C(COC(=O)CCN1C(=O)[C@@H]2CC=CC[C@H]2C1=O)Nc1ccc(N2CCCC2)cc1. The minimum absolute atomic E-state index is 0.0108. The van der Waals surface area contributed by atoms with Gasteiger partial charge < -0.3 is 15.0 Å². The zero-order chi connectivity index (χ0) is 21.8. The third-order valence-electron chi connectivity index (χ3n) is 6.12. The first kappa shape index (κ1) is 21.1. The quantitative estimate of drug-likeness (QED) is 0.408. The largest absolute Gasteiger partial charge is 0.456 e. The molecule has 8 nitrogen and oxygen atoms in total. The summed E-state index contributed by atoms with van der Waals surface area (Å²) in [6, 6.07) is 7.58. The molecule has 0 unspecified atom stereocenters. The first-order valence-corrected chi connectivity index (χ1v) is 10.8. The molecule has 8 heteroatoms. The number of rotatable bonds is 7. The minimum atomic E-state index is -0.617. The number of esters is 1. The molecule has 3 amide bonds. The summed E-state index contributed by atoms with van der Waals surface area (Å²) in [4.78, 5) is 52.3. The normalized spacial score (nSPS) is 22.6. The van der Waals surface area contributed by atoms with Crippen molar-refractivity contribution in [1.29, 1.82) is 0 Å². The number of carbonyl (C=O) groups is 4. The van der Waals surface area contributed by atoms with Gasteiger partial charge in [0, 0.05) is 31.0 Å². The number of likely N-dealkylation sites (tertiary alicyclic amines) is 1. The van der Waals surface area contributed by atoms with Crippen molar-refractivity contribution < 1.29 is 23.9 Å². The standard InChI is InChI=1S/C23H27N3O5/c27-20(24-16-7-9-17(10-8-16)25-12-3-4-13-25)15-31-21(28)11-14-26-22(29)18-5-1-2-6-19(18)23(26)30/h1-2,7-10,18-19H,3-6,11-15H2,(H,24,27)/t18-,19-/m1/s1. The molecule has 31 heavy (non-hydrogen) atoms. The lowest BCUT2D eigenvalue weighted by atomic mass is 9.85. The van der Waals surface area contributed by atoms with Crippen molar-refractivity contribution >= 4 is 35.1 Å². The number of allylic oxidation sites excluding steroid dienone is 2. The number of fused-ring (bicyclic) bond motifs is 1. The molecule has 164 valence electrons. The average Bonchev–Trinajstić information content (AvgIpc) is 3.40. The van der Waals surface area contributed by atoms with E-state index < -0.39 is 18.5 Å². The highest BCUT2D eigenvalue weighted by Gasteiger charge is 2.46. The van der Waals surface area contributed by atoms with Crippen molar-refractivity contribution in [1.82, 2.24) is 4.90 Å². The van der Waals surface area contributed by atoms with E-state index in [-0.39, 0.29) is 36.6 Å². The summed E-state index contributed by atoms with van der Waals surface area (Å²) < 4.78 is 5.01. The number of ether oxygens (including phenoxy) is 1. The van der Waals surface area contributed by atoms with Crippen LogP contribution in [-0.4, -0.2) is 54.8 Å². The molecule has 2 aliphatic heterocycles. The van der Waals surface area contributed by atoms with E-state index >= 15 is 0 Å². The maximum Gasteiger partial charge on any atom is 0.308 e. The lowest BCUT2D eigenvalue weighted by molar-refractivity contribution is -0.148. The smallest absolute Gasteiger partial charge is 0.308 e. The molecule has 0 bridgehead atoms.